The van der Waals surface area contributed by atoms with E-state index in [0.717, 1.165) is 5.56 Å². The fraction of sp³-hybridized carbons (Fsp3) is 0.438. The van der Waals surface area contributed by atoms with Gasteiger partial charge in [-0.3, -0.25) is 14.4 Å². The first kappa shape index (κ1) is 16.8. The number of benzene rings is 1. The van der Waals surface area contributed by atoms with E-state index in [2.05, 4.69) is 5.32 Å². The Morgan fingerprint density at radius 2 is 2.13 bits per heavy atom. The van der Waals surface area contributed by atoms with Crippen LogP contribution in [0.5, 0.6) is 5.75 Å². The lowest BCUT2D eigenvalue weighted by atomic mass is 10.1. The van der Waals surface area contributed by atoms with Crippen LogP contribution in [0.1, 0.15) is 18.9 Å². The number of aliphatic carboxylic acids is 1. The zero-order chi connectivity index (χ0) is 17.1. The molecule has 7 heteroatoms. The highest BCUT2D eigenvalue weighted by Crippen LogP contribution is 2.33. The van der Waals surface area contributed by atoms with Crippen LogP contribution in [0.3, 0.4) is 0 Å². The summed E-state index contributed by atoms with van der Waals surface area (Å²) in [5, 5.41) is 11.3. The second kappa shape index (κ2) is 6.68. The van der Waals surface area contributed by atoms with Gasteiger partial charge in [-0.1, -0.05) is 6.07 Å². The average Bonchev–Trinajstić information content (AvgIpc) is 2.89. The maximum Gasteiger partial charge on any atom is 0.325 e. The number of carboxylic acid groups (broad SMARTS) is 1. The van der Waals surface area contributed by atoms with Gasteiger partial charge < -0.3 is 20.1 Å². The van der Waals surface area contributed by atoms with Crippen LogP contribution in [0, 0.1) is 12.8 Å². The van der Waals surface area contributed by atoms with Crippen LogP contribution in [-0.2, 0) is 14.4 Å². The largest absolute Gasteiger partial charge is 0.495 e. The molecule has 124 valence electrons. The number of amides is 2. The topological polar surface area (TPSA) is 95.9 Å². The van der Waals surface area contributed by atoms with E-state index in [9.17, 15) is 14.4 Å². The van der Waals surface area contributed by atoms with Gasteiger partial charge in [-0.25, -0.2) is 0 Å². The Hall–Kier alpha value is -2.57. The molecule has 0 radical (unpaired) electrons. The number of carbonyl (C=O) groups excluding carboxylic acids is 2. The lowest BCUT2D eigenvalue weighted by Gasteiger charge is -2.20. The predicted molar refractivity (Wildman–Crippen MR) is 83.4 cm³/mol. The van der Waals surface area contributed by atoms with Gasteiger partial charge in [0.25, 0.3) is 0 Å². The third-order valence-electron chi connectivity index (χ3n) is 3.85. The molecule has 1 heterocycles. The Labute approximate surface area is 134 Å². The minimum Gasteiger partial charge on any atom is -0.495 e. The number of methoxy groups -OCH3 is 1. The molecular weight excluding hydrogens is 300 g/mol. The van der Waals surface area contributed by atoms with Gasteiger partial charge in [0, 0.05) is 13.0 Å². The molecule has 1 saturated heterocycles. The molecule has 1 aromatic carbocycles. The Bertz CT molecular complexity index is 643. The van der Waals surface area contributed by atoms with E-state index in [-0.39, 0.29) is 18.9 Å². The molecular formula is C16H20N2O5. The van der Waals surface area contributed by atoms with Crippen LogP contribution in [0.4, 0.5) is 5.69 Å². The summed E-state index contributed by atoms with van der Waals surface area (Å²) >= 11 is 0. The van der Waals surface area contributed by atoms with Crippen molar-refractivity contribution in [3.05, 3.63) is 23.8 Å². The molecule has 0 spiro atoms. The summed E-state index contributed by atoms with van der Waals surface area (Å²) in [7, 11) is 1.52. The minimum absolute atomic E-state index is 0.0509. The monoisotopic (exact) mass is 320 g/mol. The normalized spacial score (nSPS) is 18.7. The van der Waals surface area contributed by atoms with Crippen LogP contribution < -0.4 is 15.0 Å². The molecule has 1 aromatic rings. The number of ether oxygens (including phenoxy) is 1. The summed E-state index contributed by atoms with van der Waals surface area (Å²) in [6.07, 6.45) is 0.0509. The van der Waals surface area contributed by atoms with Crippen molar-refractivity contribution in [2.24, 2.45) is 5.92 Å². The second-order valence-electron chi connectivity index (χ2n) is 5.65. The van der Waals surface area contributed by atoms with E-state index in [4.69, 9.17) is 9.84 Å². The number of aryl methyl sites for hydroxylation is 1. The lowest BCUT2D eigenvalue weighted by Crippen LogP contribution is -2.42. The second-order valence-corrected chi connectivity index (χ2v) is 5.65. The molecule has 2 N–H and O–H groups in total. The standard InChI is InChI=1S/C16H20N2O5/c1-9-4-5-13(23-3)12(6-9)18-8-11(7-14(18)19)15(20)17-10(2)16(21)22/h4-6,10-11H,7-8H2,1-3H3,(H,17,20)(H,21,22)/t10-,11?/m0/s1. The molecule has 23 heavy (non-hydrogen) atoms. The Kier molecular flexibility index (Phi) is 4.88. The van der Waals surface area contributed by atoms with Crippen molar-refractivity contribution in [1.82, 2.24) is 5.32 Å². The van der Waals surface area contributed by atoms with Gasteiger partial charge in [0.15, 0.2) is 0 Å². The maximum atomic E-state index is 12.3. The van der Waals surface area contributed by atoms with Crippen LogP contribution in [0.15, 0.2) is 18.2 Å². The molecule has 7 nitrogen and oxygen atoms in total. The highest BCUT2D eigenvalue weighted by atomic mass is 16.5. The fourth-order valence-corrected chi connectivity index (χ4v) is 2.52. The van der Waals surface area contributed by atoms with E-state index in [1.807, 2.05) is 19.1 Å². The van der Waals surface area contributed by atoms with Gasteiger partial charge in [0.05, 0.1) is 18.7 Å². The number of hydrogen-bond acceptors (Lipinski definition) is 4. The van der Waals surface area contributed by atoms with Gasteiger partial charge in [0.2, 0.25) is 11.8 Å². The zero-order valence-corrected chi connectivity index (χ0v) is 13.3. The minimum atomic E-state index is -1.11. The number of nitrogens with one attached hydrogen (secondary N) is 1. The molecule has 0 aliphatic carbocycles. The number of hydrogen-bond donors (Lipinski definition) is 2. The Balaban J connectivity index is 2.16. The quantitative estimate of drug-likeness (QED) is 0.842. The molecule has 2 rings (SSSR count). The van der Waals surface area contributed by atoms with E-state index in [0.29, 0.717) is 11.4 Å². The Morgan fingerprint density at radius 1 is 1.43 bits per heavy atom. The molecule has 2 atom stereocenters. The summed E-state index contributed by atoms with van der Waals surface area (Å²) in [5.74, 6) is -1.74. The van der Waals surface area contributed by atoms with Crippen LogP contribution in [0.2, 0.25) is 0 Å². The average molecular weight is 320 g/mol. The highest BCUT2D eigenvalue weighted by molar-refractivity contribution is 6.01. The Morgan fingerprint density at radius 3 is 2.74 bits per heavy atom. The van der Waals surface area contributed by atoms with E-state index in [1.165, 1.54) is 18.9 Å². The van der Waals surface area contributed by atoms with Gasteiger partial charge in [-0.15, -0.1) is 0 Å². The highest BCUT2D eigenvalue weighted by Gasteiger charge is 2.37. The number of carbonyl (C=O) groups is 3. The lowest BCUT2D eigenvalue weighted by molar-refractivity contribution is -0.141. The van der Waals surface area contributed by atoms with E-state index >= 15 is 0 Å². The molecule has 0 aromatic heterocycles. The number of anilines is 1. The first-order valence-electron chi connectivity index (χ1n) is 7.31. The summed E-state index contributed by atoms with van der Waals surface area (Å²) in [5.41, 5.74) is 1.60. The first-order chi connectivity index (χ1) is 10.8. The molecule has 1 aliphatic rings. The van der Waals surface area contributed by atoms with Crippen molar-refractivity contribution < 1.29 is 24.2 Å². The molecule has 1 fully saturated rings. The first-order valence-corrected chi connectivity index (χ1v) is 7.31. The van der Waals surface area contributed by atoms with Gasteiger partial charge in [0.1, 0.15) is 11.8 Å². The van der Waals surface area contributed by atoms with Crippen molar-refractivity contribution in [2.45, 2.75) is 26.3 Å². The van der Waals surface area contributed by atoms with Crippen LogP contribution in [0.25, 0.3) is 0 Å². The zero-order valence-electron chi connectivity index (χ0n) is 13.3. The fourth-order valence-electron chi connectivity index (χ4n) is 2.52. The summed E-state index contributed by atoms with van der Waals surface area (Å²) in [4.78, 5) is 36.7. The summed E-state index contributed by atoms with van der Waals surface area (Å²) in [6.45, 7) is 3.50. The number of carboxylic acids is 1. The van der Waals surface area contributed by atoms with Crippen molar-refractivity contribution >= 4 is 23.5 Å². The van der Waals surface area contributed by atoms with Gasteiger partial charge in [-0.05, 0) is 31.5 Å². The smallest absolute Gasteiger partial charge is 0.325 e. The van der Waals surface area contributed by atoms with Crippen molar-refractivity contribution in [1.29, 1.82) is 0 Å². The van der Waals surface area contributed by atoms with Crippen LogP contribution in [-0.4, -0.2) is 42.6 Å². The maximum absolute atomic E-state index is 12.3. The molecule has 0 bridgehead atoms. The molecule has 0 saturated carbocycles. The predicted octanol–water partition coefficient (Wildman–Crippen LogP) is 0.946. The van der Waals surface area contributed by atoms with E-state index < -0.39 is 23.8 Å². The summed E-state index contributed by atoms with van der Waals surface area (Å²) in [6, 6.07) is 4.50. The van der Waals surface area contributed by atoms with Crippen LogP contribution >= 0.6 is 0 Å². The third kappa shape index (κ3) is 3.61. The number of rotatable bonds is 5. The van der Waals surface area contributed by atoms with E-state index in [1.54, 1.807) is 6.07 Å². The van der Waals surface area contributed by atoms with Gasteiger partial charge >= 0.3 is 5.97 Å². The van der Waals surface area contributed by atoms with Crippen molar-refractivity contribution in [2.75, 3.05) is 18.6 Å². The molecule has 1 aliphatic heterocycles. The van der Waals surface area contributed by atoms with Gasteiger partial charge in [-0.2, -0.15) is 0 Å². The SMILES string of the molecule is COc1ccc(C)cc1N1CC(C(=O)N[C@@H](C)C(=O)O)CC1=O. The number of nitrogens with zero attached hydrogens (tertiary/aromatic N) is 1. The van der Waals surface area contributed by atoms with Crippen molar-refractivity contribution in [3.8, 4) is 5.75 Å². The van der Waals surface area contributed by atoms with Crippen molar-refractivity contribution in [3.63, 3.8) is 0 Å². The molecule has 1 unspecified atom stereocenters. The summed E-state index contributed by atoms with van der Waals surface area (Å²) < 4.78 is 5.28. The third-order valence-corrected chi connectivity index (χ3v) is 3.85. The molecule has 2 amide bonds.